The molecule has 0 aliphatic heterocycles. The number of hydrogen-bond acceptors (Lipinski definition) is 4. The van der Waals surface area contributed by atoms with Crippen LogP contribution >= 0.6 is 0 Å². The van der Waals surface area contributed by atoms with E-state index in [9.17, 15) is 14.4 Å². The second-order valence-electron chi connectivity index (χ2n) is 8.16. The first-order valence-corrected chi connectivity index (χ1v) is 11.2. The predicted octanol–water partition coefficient (Wildman–Crippen LogP) is 3.21. The molecular weight excluding hydrogens is 430 g/mol. The van der Waals surface area contributed by atoms with Gasteiger partial charge in [0.2, 0.25) is 5.43 Å². The lowest BCUT2D eigenvalue weighted by Gasteiger charge is -2.14. The van der Waals surface area contributed by atoms with Gasteiger partial charge in [0, 0.05) is 26.0 Å². The van der Waals surface area contributed by atoms with E-state index in [1.54, 1.807) is 11.5 Å². The minimum Gasteiger partial charge on any atom is -0.355 e. The Bertz CT molecular complexity index is 1340. The van der Waals surface area contributed by atoms with Crippen molar-refractivity contribution >= 4 is 22.8 Å². The maximum atomic E-state index is 13.1. The maximum Gasteiger partial charge on any atom is 0.257 e. The number of nitrogens with one attached hydrogen (secondary N) is 3. The molecule has 3 N–H and O–H groups in total. The highest BCUT2D eigenvalue weighted by Gasteiger charge is 2.21. The average molecular weight is 458 g/mol. The molecule has 0 saturated heterocycles. The molecule has 34 heavy (non-hydrogen) atoms. The molecule has 174 valence electrons. The van der Waals surface area contributed by atoms with Gasteiger partial charge in [-0.25, -0.2) is 4.98 Å². The van der Waals surface area contributed by atoms with E-state index < -0.39 is 23.3 Å². The summed E-state index contributed by atoms with van der Waals surface area (Å²) in [4.78, 5) is 46.1. The summed E-state index contributed by atoms with van der Waals surface area (Å²) in [5.41, 5.74) is 2.11. The lowest BCUT2D eigenvalue weighted by molar-refractivity contribution is 0.0936. The molecule has 0 bridgehead atoms. The van der Waals surface area contributed by atoms with Gasteiger partial charge in [-0.1, -0.05) is 42.5 Å². The SMILES string of the molecule is CNC(=O)c1cn(CCCc2ccccc2)cc(C(=O)N[C@H](C)c2nc3ccccc3[nH]2)c1=O. The van der Waals surface area contributed by atoms with Gasteiger partial charge in [0.25, 0.3) is 11.8 Å². The van der Waals surface area contributed by atoms with Crippen LogP contribution < -0.4 is 16.1 Å². The summed E-state index contributed by atoms with van der Waals surface area (Å²) in [7, 11) is 1.46. The Morgan fingerprint density at radius 3 is 2.38 bits per heavy atom. The normalized spacial score (nSPS) is 11.8. The van der Waals surface area contributed by atoms with Crippen LogP contribution in [-0.4, -0.2) is 33.4 Å². The van der Waals surface area contributed by atoms with Gasteiger partial charge in [-0.15, -0.1) is 0 Å². The number of amides is 2. The van der Waals surface area contributed by atoms with E-state index in [1.165, 1.54) is 25.0 Å². The van der Waals surface area contributed by atoms with Crippen LogP contribution in [0.4, 0.5) is 0 Å². The van der Waals surface area contributed by atoms with Crippen LogP contribution in [0.1, 0.15) is 51.5 Å². The van der Waals surface area contributed by atoms with Crippen molar-refractivity contribution in [2.75, 3.05) is 7.05 Å². The van der Waals surface area contributed by atoms with Crippen LogP contribution in [0, 0.1) is 0 Å². The van der Waals surface area contributed by atoms with Gasteiger partial charge in [-0.2, -0.15) is 0 Å². The number of rotatable bonds is 8. The third-order valence-corrected chi connectivity index (χ3v) is 5.69. The molecule has 0 fully saturated rings. The number of pyridine rings is 1. The molecule has 0 saturated carbocycles. The van der Waals surface area contributed by atoms with Gasteiger partial charge in [0.15, 0.2) is 0 Å². The fourth-order valence-electron chi connectivity index (χ4n) is 3.85. The number of aromatic amines is 1. The number of carbonyl (C=O) groups excluding carboxylic acids is 2. The highest BCUT2D eigenvalue weighted by atomic mass is 16.2. The minimum absolute atomic E-state index is 0.0637. The van der Waals surface area contributed by atoms with Gasteiger partial charge in [0.05, 0.1) is 17.1 Å². The number of fused-ring (bicyclic) bond motifs is 1. The number of benzene rings is 2. The van der Waals surface area contributed by atoms with Crippen molar-refractivity contribution in [3.63, 3.8) is 0 Å². The standard InChI is InChI=1S/C26H27N5O3/c1-17(24-29-21-12-6-7-13-22(21)30-24)28-26(34)20-16-31(15-19(23(20)32)25(33)27-2)14-8-11-18-9-4-3-5-10-18/h3-7,9-10,12-13,15-17H,8,11,14H2,1-2H3,(H,27,33)(H,28,34)(H,29,30)/t17-/m1/s1. The Kier molecular flexibility index (Phi) is 6.87. The lowest BCUT2D eigenvalue weighted by atomic mass is 10.1. The fourth-order valence-corrected chi connectivity index (χ4v) is 3.85. The van der Waals surface area contributed by atoms with E-state index in [2.05, 4.69) is 32.7 Å². The summed E-state index contributed by atoms with van der Waals surface area (Å²) < 4.78 is 1.73. The summed E-state index contributed by atoms with van der Waals surface area (Å²) in [6.07, 6.45) is 4.65. The Balaban J connectivity index is 1.55. The Hall–Kier alpha value is -4.20. The third-order valence-electron chi connectivity index (χ3n) is 5.69. The predicted molar refractivity (Wildman–Crippen MR) is 131 cm³/mol. The molecule has 4 rings (SSSR count). The molecule has 0 radical (unpaired) electrons. The van der Waals surface area contributed by atoms with E-state index in [0.29, 0.717) is 12.4 Å². The monoisotopic (exact) mass is 457 g/mol. The number of hydrogen-bond donors (Lipinski definition) is 3. The summed E-state index contributed by atoms with van der Waals surface area (Å²) in [6, 6.07) is 17.2. The zero-order valence-electron chi connectivity index (χ0n) is 19.2. The number of carbonyl (C=O) groups is 2. The lowest BCUT2D eigenvalue weighted by Crippen LogP contribution is -2.35. The number of nitrogens with zero attached hydrogens (tertiary/aromatic N) is 2. The van der Waals surface area contributed by atoms with Crippen LogP contribution in [0.15, 0.2) is 71.8 Å². The van der Waals surface area contributed by atoms with E-state index in [1.807, 2.05) is 42.5 Å². The van der Waals surface area contributed by atoms with Gasteiger partial charge < -0.3 is 20.2 Å². The van der Waals surface area contributed by atoms with Crippen LogP contribution in [0.25, 0.3) is 11.0 Å². The highest BCUT2D eigenvalue weighted by molar-refractivity contribution is 5.99. The first-order chi connectivity index (χ1) is 16.5. The van der Waals surface area contributed by atoms with Crippen molar-refractivity contribution in [2.45, 2.75) is 32.4 Å². The average Bonchev–Trinajstić information content (AvgIpc) is 3.29. The van der Waals surface area contributed by atoms with Gasteiger partial charge >= 0.3 is 0 Å². The highest BCUT2D eigenvalue weighted by Crippen LogP contribution is 2.16. The molecular formula is C26H27N5O3. The van der Waals surface area contributed by atoms with Gasteiger partial charge in [-0.3, -0.25) is 14.4 Å². The van der Waals surface area contributed by atoms with E-state index in [-0.39, 0.29) is 11.1 Å². The number of aryl methyl sites for hydroxylation is 2. The number of imidazole rings is 1. The molecule has 2 heterocycles. The molecule has 1 atom stereocenters. The van der Waals surface area contributed by atoms with Crippen LogP contribution in [0.3, 0.4) is 0 Å². The molecule has 0 spiro atoms. The molecule has 2 aromatic carbocycles. The van der Waals surface area contributed by atoms with Crippen molar-refractivity contribution in [1.29, 1.82) is 0 Å². The van der Waals surface area contributed by atoms with Crippen molar-refractivity contribution < 1.29 is 9.59 Å². The van der Waals surface area contributed by atoms with E-state index in [4.69, 9.17) is 0 Å². The molecule has 2 amide bonds. The molecule has 0 aliphatic rings. The first kappa shape index (κ1) is 23.0. The van der Waals surface area contributed by atoms with Crippen LogP contribution in [-0.2, 0) is 13.0 Å². The van der Waals surface area contributed by atoms with Crippen molar-refractivity contribution in [3.05, 3.63) is 99.7 Å². The molecule has 8 nitrogen and oxygen atoms in total. The van der Waals surface area contributed by atoms with Crippen LogP contribution in [0.5, 0.6) is 0 Å². The largest absolute Gasteiger partial charge is 0.355 e. The summed E-state index contributed by atoms with van der Waals surface area (Å²) in [6.45, 7) is 2.34. The number of aromatic nitrogens is 3. The second kappa shape index (κ2) is 10.2. The molecule has 0 unspecified atom stereocenters. The third kappa shape index (κ3) is 5.06. The first-order valence-electron chi connectivity index (χ1n) is 11.2. The minimum atomic E-state index is -0.604. The van der Waals surface area contributed by atoms with Gasteiger partial charge in [0.1, 0.15) is 17.0 Å². The van der Waals surface area contributed by atoms with Gasteiger partial charge in [-0.05, 0) is 37.5 Å². The smallest absolute Gasteiger partial charge is 0.257 e. The Morgan fingerprint density at radius 2 is 1.68 bits per heavy atom. The van der Waals surface area contributed by atoms with E-state index in [0.717, 1.165) is 23.9 Å². The molecule has 8 heteroatoms. The van der Waals surface area contributed by atoms with Crippen molar-refractivity contribution in [1.82, 2.24) is 25.2 Å². The maximum absolute atomic E-state index is 13.1. The zero-order chi connectivity index (χ0) is 24.1. The Labute approximate surface area is 197 Å². The number of para-hydroxylation sites is 2. The summed E-state index contributed by atoms with van der Waals surface area (Å²) in [5, 5.41) is 5.31. The van der Waals surface area contributed by atoms with Crippen molar-refractivity contribution in [2.24, 2.45) is 0 Å². The number of H-pyrrole nitrogens is 1. The van der Waals surface area contributed by atoms with E-state index >= 15 is 0 Å². The molecule has 0 aliphatic carbocycles. The zero-order valence-corrected chi connectivity index (χ0v) is 19.2. The Morgan fingerprint density at radius 1 is 1.00 bits per heavy atom. The fraction of sp³-hybridized carbons (Fsp3) is 0.231. The molecule has 2 aromatic heterocycles. The second-order valence-corrected chi connectivity index (χ2v) is 8.16. The van der Waals surface area contributed by atoms with Crippen LogP contribution in [0.2, 0.25) is 0 Å². The van der Waals surface area contributed by atoms with Crippen molar-refractivity contribution in [3.8, 4) is 0 Å². The summed E-state index contributed by atoms with van der Waals surface area (Å²) in [5.74, 6) is -0.498. The topological polar surface area (TPSA) is 109 Å². The molecule has 4 aromatic rings. The quantitative estimate of drug-likeness (QED) is 0.377. The summed E-state index contributed by atoms with van der Waals surface area (Å²) >= 11 is 0.